The number of rotatable bonds is 10. The standard InChI is InChI=1S/C26H28FN3O5S/c1-19(26(32)28-2)29(17-20-9-15-23(35-3)16-10-20)25(31)18-30(22-13-11-21(27)12-14-22)36(33,34)24-7-5-4-6-8-24/h4-16,19H,17-18H2,1-3H3,(H,28,32)/t19-/m1/s1. The summed E-state index contributed by atoms with van der Waals surface area (Å²) in [7, 11) is -1.19. The number of carbonyl (C=O) groups is 2. The molecule has 8 nitrogen and oxygen atoms in total. The predicted molar refractivity (Wildman–Crippen MR) is 134 cm³/mol. The number of hydrogen-bond donors (Lipinski definition) is 1. The van der Waals surface area contributed by atoms with Crippen LogP contribution >= 0.6 is 0 Å². The lowest BCUT2D eigenvalue weighted by atomic mass is 10.1. The molecule has 0 aliphatic rings. The summed E-state index contributed by atoms with van der Waals surface area (Å²) in [6.07, 6.45) is 0. The van der Waals surface area contributed by atoms with Crippen LogP contribution in [0.2, 0.25) is 0 Å². The number of sulfonamides is 1. The molecule has 190 valence electrons. The Morgan fingerprint density at radius 3 is 2.14 bits per heavy atom. The summed E-state index contributed by atoms with van der Waals surface area (Å²) in [6.45, 7) is 1.02. The van der Waals surface area contributed by atoms with Gasteiger partial charge in [-0.3, -0.25) is 13.9 Å². The third kappa shape index (κ3) is 6.19. The number of carbonyl (C=O) groups excluding carboxylic acids is 2. The topological polar surface area (TPSA) is 96.0 Å². The zero-order chi connectivity index (χ0) is 26.3. The van der Waals surface area contributed by atoms with Crippen LogP contribution < -0.4 is 14.4 Å². The van der Waals surface area contributed by atoms with E-state index in [2.05, 4.69) is 5.32 Å². The molecule has 0 radical (unpaired) electrons. The number of nitrogens with zero attached hydrogens (tertiary/aromatic N) is 2. The van der Waals surface area contributed by atoms with E-state index < -0.39 is 40.2 Å². The molecule has 36 heavy (non-hydrogen) atoms. The van der Waals surface area contributed by atoms with Gasteiger partial charge in [0.05, 0.1) is 17.7 Å². The Kier molecular flexibility index (Phi) is 8.65. The van der Waals surface area contributed by atoms with Gasteiger partial charge in [-0.15, -0.1) is 0 Å². The van der Waals surface area contributed by atoms with Crippen molar-refractivity contribution in [1.29, 1.82) is 0 Å². The number of hydrogen-bond acceptors (Lipinski definition) is 5. The first-order valence-electron chi connectivity index (χ1n) is 11.1. The summed E-state index contributed by atoms with van der Waals surface area (Å²) < 4.78 is 46.7. The van der Waals surface area contributed by atoms with Crippen LogP contribution in [0.5, 0.6) is 5.75 Å². The van der Waals surface area contributed by atoms with E-state index in [0.29, 0.717) is 5.75 Å². The van der Waals surface area contributed by atoms with Gasteiger partial charge in [-0.1, -0.05) is 30.3 Å². The number of amides is 2. The van der Waals surface area contributed by atoms with Crippen molar-refractivity contribution in [3.63, 3.8) is 0 Å². The number of halogens is 1. The van der Waals surface area contributed by atoms with E-state index in [4.69, 9.17) is 4.74 Å². The molecule has 3 aromatic carbocycles. The Bertz CT molecular complexity index is 1280. The lowest BCUT2D eigenvalue weighted by Gasteiger charge is -2.31. The maximum atomic E-state index is 13.6. The van der Waals surface area contributed by atoms with E-state index in [9.17, 15) is 22.4 Å². The van der Waals surface area contributed by atoms with Crippen molar-refractivity contribution in [2.75, 3.05) is 25.0 Å². The van der Waals surface area contributed by atoms with Crippen molar-refractivity contribution in [1.82, 2.24) is 10.2 Å². The van der Waals surface area contributed by atoms with E-state index in [0.717, 1.165) is 22.0 Å². The van der Waals surface area contributed by atoms with E-state index in [-0.39, 0.29) is 17.1 Å². The number of nitrogens with one attached hydrogen (secondary N) is 1. The number of benzene rings is 3. The van der Waals surface area contributed by atoms with Crippen molar-refractivity contribution < 1.29 is 27.1 Å². The van der Waals surface area contributed by atoms with Gasteiger partial charge in [0.15, 0.2) is 0 Å². The molecular weight excluding hydrogens is 485 g/mol. The van der Waals surface area contributed by atoms with Gasteiger partial charge in [-0.2, -0.15) is 0 Å². The minimum atomic E-state index is -4.18. The summed E-state index contributed by atoms with van der Waals surface area (Å²) in [5, 5.41) is 2.53. The van der Waals surface area contributed by atoms with E-state index in [1.165, 1.54) is 43.3 Å². The minimum Gasteiger partial charge on any atom is -0.497 e. The van der Waals surface area contributed by atoms with Gasteiger partial charge in [-0.25, -0.2) is 12.8 Å². The zero-order valence-corrected chi connectivity index (χ0v) is 21.0. The van der Waals surface area contributed by atoms with Crippen LogP contribution in [0.25, 0.3) is 0 Å². The first-order chi connectivity index (χ1) is 17.2. The van der Waals surface area contributed by atoms with E-state index in [1.807, 2.05) is 0 Å². The smallest absolute Gasteiger partial charge is 0.264 e. The van der Waals surface area contributed by atoms with Crippen molar-refractivity contribution in [3.05, 3.63) is 90.2 Å². The van der Waals surface area contributed by atoms with Crippen molar-refractivity contribution in [2.24, 2.45) is 0 Å². The molecule has 3 aromatic rings. The van der Waals surface area contributed by atoms with Crippen molar-refractivity contribution in [3.8, 4) is 5.75 Å². The second kappa shape index (κ2) is 11.7. The van der Waals surface area contributed by atoms with Crippen LogP contribution in [0.15, 0.2) is 83.8 Å². The van der Waals surface area contributed by atoms with Crippen LogP contribution in [0, 0.1) is 5.82 Å². The van der Waals surface area contributed by atoms with Crippen LogP contribution in [-0.4, -0.2) is 51.9 Å². The Morgan fingerprint density at radius 1 is 0.972 bits per heavy atom. The van der Waals surface area contributed by atoms with Gasteiger partial charge in [0.1, 0.15) is 24.2 Å². The minimum absolute atomic E-state index is 0.0248. The summed E-state index contributed by atoms with van der Waals surface area (Å²) in [5.41, 5.74) is 0.838. The first kappa shape index (κ1) is 26.7. The maximum Gasteiger partial charge on any atom is 0.264 e. The fraction of sp³-hybridized carbons (Fsp3) is 0.231. The Labute approximate surface area is 210 Å². The number of likely N-dealkylation sites (N-methyl/N-ethyl adjacent to an activating group) is 1. The Hall–Kier alpha value is -3.92. The molecule has 0 unspecified atom stereocenters. The highest BCUT2D eigenvalue weighted by molar-refractivity contribution is 7.92. The molecule has 1 N–H and O–H groups in total. The molecule has 0 aromatic heterocycles. The Morgan fingerprint density at radius 2 is 1.58 bits per heavy atom. The zero-order valence-electron chi connectivity index (χ0n) is 20.2. The summed E-state index contributed by atoms with van der Waals surface area (Å²) >= 11 is 0. The third-order valence-corrected chi connectivity index (χ3v) is 7.44. The first-order valence-corrected chi connectivity index (χ1v) is 12.6. The number of methoxy groups -OCH3 is 1. The second-order valence-corrected chi connectivity index (χ2v) is 9.82. The largest absolute Gasteiger partial charge is 0.497 e. The lowest BCUT2D eigenvalue weighted by Crippen LogP contribution is -2.50. The molecule has 3 rings (SSSR count). The Balaban J connectivity index is 1.99. The molecule has 0 saturated carbocycles. The summed E-state index contributed by atoms with van der Waals surface area (Å²) in [6, 6.07) is 18.6. The third-order valence-electron chi connectivity index (χ3n) is 5.65. The molecule has 2 amide bonds. The lowest BCUT2D eigenvalue weighted by molar-refractivity contribution is -0.139. The molecule has 0 bridgehead atoms. The molecule has 0 aliphatic carbocycles. The number of ether oxygens (including phenoxy) is 1. The average molecular weight is 514 g/mol. The van der Waals surface area contributed by atoms with Gasteiger partial charge in [-0.05, 0) is 61.0 Å². The second-order valence-electron chi connectivity index (χ2n) is 7.96. The fourth-order valence-corrected chi connectivity index (χ4v) is 5.01. The molecular formula is C26H28FN3O5S. The van der Waals surface area contributed by atoms with Crippen LogP contribution in [0.4, 0.5) is 10.1 Å². The van der Waals surface area contributed by atoms with Crippen molar-refractivity contribution in [2.45, 2.75) is 24.4 Å². The van der Waals surface area contributed by atoms with E-state index >= 15 is 0 Å². The highest BCUT2D eigenvalue weighted by Gasteiger charge is 2.32. The van der Waals surface area contributed by atoms with Gasteiger partial charge < -0.3 is 15.0 Å². The highest BCUT2D eigenvalue weighted by atomic mass is 32.2. The molecule has 0 heterocycles. The monoisotopic (exact) mass is 513 g/mol. The molecule has 0 saturated heterocycles. The molecule has 0 aliphatic heterocycles. The quantitative estimate of drug-likeness (QED) is 0.449. The summed E-state index contributed by atoms with van der Waals surface area (Å²) in [4.78, 5) is 27.3. The maximum absolute atomic E-state index is 13.6. The van der Waals surface area contributed by atoms with Crippen LogP contribution in [0.3, 0.4) is 0 Å². The molecule has 10 heteroatoms. The SMILES string of the molecule is CNC(=O)[C@@H](C)N(Cc1ccc(OC)cc1)C(=O)CN(c1ccc(F)cc1)S(=O)(=O)c1ccccc1. The van der Waals surface area contributed by atoms with Crippen molar-refractivity contribution >= 4 is 27.5 Å². The predicted octanol–water partition coefficient (Wildman–Crippen LogP) is 3.19. The molecule has 0 fully saturated rings. The van der Waals surface area contributed by atoms with Gasteiger partial charge in [0, 0.05) is 13.6 Å². The summed E-state index contributed by atoms with van der Waals surface area (Å²) in [5.74, 6) is -0.925. The molecule has 0 spiro atoms. The average Bonchev–Trinajstić information content (AvgIpc) is 2.90. The fourth-order valence-electron chi connectivity index (χ4n) is 3.57. The van der Waals surface area contributed by atoms with Crippen LogP contribution in [-0.2, 0) is 26.2 Å². The van der Waals surface area contributed by atoms with Gasteiger partial charge in [0.2, 0.25) is 11.8 Å². The normalized spacial score (nSPS) is 11.9. The molecule has 1 atom stereocenters. The number of anilines is 1. The van der Waals surface area contributed by atoms with Gasteiger partial charge >= 0.3 is 0 Å². The highest BCUT2D eigenvalue weighted by Crippen LogP contribution is 2.25. The van der Waals surface area contributed by atoms with Crippen LogP contribution in [0.1, 0.15) is 12.5 Å². The van der Waals surface area contributed by atoms with Gasteiger partial charge in [0.25, 0.3) is 10.0 Å². The van der Waals surface area contributed by atoms with E-state index in [1.54, 1.807) is 49.4 Å².